The molecule has 0 heterocycles. The molecule has 0 fully saturated rings. The number of nitro benzene ring substituents is 1. The van der Waals surface area contributed by atoms with E-state index in [-0.39, 0.29) is 40.4 Å². The number of carbonyl (C=O) groups excluding carboxylic acids is 2. The number of hydrogen-bond acceptors (Lipinski definition) is 7. The number of non-ortho nitro benzene ring substituents is 1. The maximum absolute atomic E-state index is 12.8. The Morgan fingerprint density at radius 2 is 1.97 bits per heavy atom. The van der Waals surface area contributed by atoms with Crippen LogP contribution in [-0.2, 0) is 14.4 Å². The highest BCUT2D eigenvalue weighted by Crippen LogP contribution is 2.38. The molecule has 154 valence electrons. The minimum atomic E-state index is -0.694. The minimum absolute atomic E-state index is 0.129. The molecule has 8 heteroatoms. The molecule has 1 aliphatic carbocycles. The first-order valence-electron chi connectivity index (χ1n) is 9.21. The number of carbonyl (C=O) groups is 2. The summed E-state index contributed by atoms with van der Waals surface area (Å²) >= 11 is 0. The molecule has 0 saturated carbocycles. The van der Waals surface area contributed by atoms with Crippen LogP contribution in [0.1, 0.15) is 50.4 Å². The van der Waals surface area contributed by atoms with Gasteiger partial charge in [0.1, 0.15) is 12.4 Å². The molecule has 8 nitrogen and oxygen atoms in total. The Hall–Kier alpha value is -3.29. The zero-order valence-electron chi connectivity index (χ0n) is 16.8. The van der Waals surface area contributed by atoms with Crippen molar-refractivity contribution in [3.63, 3.8) is 0 Å². The van der Waals surface area contributed by atoms with Crippen molar-refractivity contribution in [2.75, 3.05) is 6.61 Å². The summed E-state index contributed by atoms with van der Waals surface area (Å²) in [5.41, 5.74) is 0.295. The van der Waals surface area contributed by atoms with Gasteiger partial charge in [-0.3, -0.25) is 14.9 Å². The summed E-state index contributed by atoms with van der Waals surface area (Å²) in [5.74, 6) is -0.631. The van der Waals surface area contributed by atoms with Gasteiger partial charge in [-0.25, -0.2) is 4.79 Å². The van der Waals surface area contributed by atoms with Gasteiger partial charge in [0.2, 0.25) is 0 Å². The smallest absolute Gasteiger partial charge is 0.343 e. The van der Waals surface area contributed by atoms with E-state index in [1.54, 1.807) is 0 Å². The summed E-state index contributed by atoms with van der Waals surface area (Å²) < 4.78 is 5.58. The van der Waals surface area contributed by atoms with E-state index in [1.165, 1.54) is 30.3 Å². The average molecular weight is 400 g/mol. The molecular formula is C21H24N2O6. The summed E-state index contributed by atoms with van der Waals surface area (Å²) in [4.78, 5) is 40.8. The van der Waals surface area contributed by atoms with E-state index in [4.69, 9.17) is 9.57 Å². The first-order valence-corrected chi connectivity index (χ1v) is 9.21. The highest BCUT2D eigenvalue weighted by molar-refractivity contribution is 6.23. The van der Waals surface area contributed by atoms with E-state index < -0.39 is 10.9 Å². The lowest BCUT2D eigenvalue weighted by Gasteiger charge is -2.31. The number of nitrogens with zero attached hydrogens (tertiary/aromatic N) is 2. The lowest BCUT2D eigenvalue weighted by atomic mass is 9.75. The Bertz CT molecular complexity index is 881. The Balaban J connectivity index is 2.39. The molecule has 0 spiro atoms. The molecule has 0 N–H and O–H groups in total. The third kappa shape index (κ3) is 5.60. The quantitative estimate of drug-likeness (QED) is 0.160. The van der Waals surface area contributed by atoms with E-state index in [1.807, 2.05) is 20.8 Å². The fourth-order valence-corrected chi connectivity index (χ4v) is 3.02. The van der Waals surface area contributed by atoms with Gasteiger partial charge in [-0.1, -0.05) is 38.6 Å². The molecule has 0 unspecified atom stereocenters. The molecule has 0 bridgehead atoms. The van der Waals surface area contributed by atoms with Crippen molar-refractivity contribution in [1.82, 2.24) is 0 Å². The maximum atomic E-state index is 12.8. The Labute approximate surface area is 169 Å². The Morgan fingerprint density at radius 3 is 2.52 bits per heavy atom. The number of oxime groups is 1. The van der Waals surface area contributed by atoms with E-state index in [0.717, 1.165) is 0 Å². The zero-order valence-corrected chi connectivity index (χ0v) is 16.8. The van der Waals surface area contributed by atoms with Crippen LogP contribution in [0.25, 0.3) is 0 Å². The normalized spacial score (nSPS) is 16.4. The number of Topliss-reactive ketones (excluding diaryl/α,β-unsaturated/α-hetero) is 1. The number of ether oxygens (including phenoxy) is 1. The second kappa shape index (κ2) is 9.27. The molecule has 0 atom stereocenters. The number of nitro groups is 1. The van der Waals surface area contributed by atoms with E-state index in [9.17, 15) is 19.7 Å². The second-order valence-electron chi connectivity index (χ2n) is 7.41. The van der Waals surface area contributed by atoms with E-state index in [0.29, 0.717) is 25.0 Å². The lowest BCUT2D eigenvalue weighted by molar-refractivity contribution is -0.384. The van der Waals surface area contributed by atoms with E-state index >= 15 is 0 Å². The Morgan fingerprint density at radius 1 is 1.31 bits per heavy atom. The molecule has 0 amide bonds. The molecule has 0 aromatic heterocycles. The maximum Gasteiger partial charge on any atom is 0.343 e. The highest BCUT2D eigenvalue weighted by Gasteiger charge is 2.37. The summed E-state index contributed by atoms with van der Waals surface area (Å²) in [6, 6.07) is 5.09. The lowest BCUT2D eigenvalue weighted by Crippen LogP contribution is -2.31. The highest BCUT2D eigenvalue weighted by atomic mass is 16.6. The predicted molar refractivity (Wildman–Crippen MR) is 107 cm³/mol. The van der Waals surface area contributed by atoms with Gasteiger partial charge in [-0.05, 0) is 24.0 Å². The van der Waals surface area contributed by atoms with Crippen molar-refractivity contribution in [2.45, 2.75) is 40.0 Å². The monoisotopic (exact) mass is 400 g/mol. The van der Waals surface area contributed by atoms with Crippen LogP contribution in [-0.4, -0.2) is 29.0 Å². The van der Waals surface area contributed by atoms with Crippen LogP contribution in [0.5, 0.6) is 0 Å². The minimum Gasteiger partial charge on any atom is -0.427 e. The largest absolute Gasteiger partial charge is 0.427 e. The number of hydrogen-bond donors (Lipinski definition) is 0. The first-order chi connectivity index (χ1) is 13.7. The SMILES string of the molecule is C=CCO/N=C(/CC)C1=C(OC(=O)c2ccc([N+](=O)[O-])cc2)CC(C)(C)CC1=O. The van der Waals surface area contributed by atoms with Gasteiger partial charge < -0.3 is 9.57 Å². The number of esters is 1. The van der Waals surface area contributed by atoms with Crippen LogP contribution in [0.2, 0.25) is 0 Å². The third-order valence-corrected chi connectivity index (χ3v) is 4.36. The summed E-state index contributed by atoms with van der Waals surface area (Å²) in [7, 11) is 0. The molecule has 1 aliphatic rings. The topological polar surface area (TPSA) is 108 Å². The standard InChI is InChI=1S/C21H24N2O6/c1-5-11-28-22-16(6-2)19-17(24)12-21(3,4)13-18(19)29-20(25)14-7-9-15(10-8-14)23(26)27/h5,7-10H,1,6,11-13H2,2-4H3/b22-16-. The number of rotatable bonds is 8. The Kier molecular flexibility index (Phi) is 7.03. The van der Waals surface area contributed by atoms with Crippen molar-refractivity contribution in [3.05, 3.63) is 63.9 Å². The molecule has 1 aromatic carbocycles. The summed E-state index contributed by atoms with van der Waals surface area (Å²) in [6.07, 6.45) is 2.61. The number of ketones is 1. The second-order valence-corrected chi connectivity index (χ2v) is 7.41. The first kappa shape index (κ1) is 22.0. The fraction of sp³-hybridized carbons (Fsp3) is 0.381. The number of benzene rings is 1. The van der Waals surface area contributed by atoms with Crippen molar-refractivity contribution in [1.29, 1.82) is 0 Å². The van der Waals surface area contributed by atoms with Crippen molar-refractivity contribution in [2.24, 2.45) is 10.6 Å². The number of allylic oxidation sites excluding steroid dienone is 2. The molecule has 1 aromatic rings. The van der Waals surface area contributed by atoms with E-state index in [2.05, 4.69) is 11.7 Å². The van der Waals surface area contributed by atoms with Crippen LogP contribution in [0.15, 0.2) is 53.4 Å². The molecular weight excluding hydrogens is 376 g/mol. The molecule has 29 heavy (non-hydrogen) atoms. The van der Waals surface area contributed by atoms with Gasteiger partial charge in [0.25, 0.3) is 5.69 Å². The molecule has 2 rings (SSSR count). The van der Waals surface area contributed by atoms with Crippen LogP contribution in [0.3, 0.4) is 0 Å². The molecule has 0 saturated heterocycles. The van der Waals surface area contributed by atoms with Crippen molar-refractivity contribution >= 4 is 23.2 Å². The van der Waals surface area contributed by atoms with Gasteiger partial charge in [0, 0.05) is 25.0 Å². The van der Waals surface area contributed by atoms with Crippen LogP contribution in [0, 0.1) is 15.5 Å². The van der Waals surface area contributed by atoms with Gasteiger partial charge in [0.05, 0.1) is 21.8 Å². The molecule has 0 radical (unpaired) electrons. The summed E-state index contributed by atoms with van der Waals surface area (Å²) in [6.45, 7) is 9.39. The zero-order chi connectivity index (χ0) is 21.6. The molecule has 0 aliphatic heterocycles. The average Bonchev–Trinajstić information content (AvgIpc) is 2.65. The van der Waals surface area contributed by atoms with Gasteiger partial charge in [-0.2, -0.15) is 0 Å². The predicted octanol–water partition coefficient (Wildman–Crippen LogP) is 4.36. The summed E-state index contributed by atoms with van der Waals surface area (Å²) in [5, 5.41) is 14.8. The van der Waals surface area contributed by atoms with Crippen molar-refractivity contribution < 1.29 is 24.1 Å². The van der Waals surface area contributed by atoms with Crippen LogP contribution >= 0.6 is 0 Å². The van der Waals surface area contributed by atoms with Crippen LogP contribution < -0.4 is 0 Å². The van der Waals surface area contributed by atoms with Gasteiger partial charge in [-0.15, -0.1) is 0 Å². The third-order valence-electron chi connectivity index (χ3n) is 4.36. The van der Waals surface area contributed by atoms with Gasteiger partial charge in [0.15, 0.2) is 5.78 Å². The fourth-order valence-electron chi connectivity index (χ4n) is 3.02. The van der Waals surface area contributed by atoms with Crippen LogP contribution in [0.4, 0.5) is 5.69 Å². The van der Waals surface area contributed by atoms with Crippen molar-refractivity contribution in [3.8, 4) is 0 Å². The van der Waals surface area contributed by atoms with Gasteiger partial charge >= 0.3 is 5.97 Å².